The molecule has 0 spiro atoms. The highest BCUT2D eigenvalue weighted by Crippen LogP contribution is 2.18. The monoisotopic (exact) mass is 321 g/mol. The Bertz CT molecular complexity index is 610. The van der Waals surface area contributed by atoms with E-state index in [2.05, 4.69) is 26.4 Å². The van der Waals surface area contributed by atoms with Gasteiger partial charge in [0, 0.05) is 34.1 Å². The quantitative estimate of drug-likeness (QED) is 0.791. The molecule has 1 atom stereocenters. The normalized spacial score (nSPS) is 16.6. The van der Waals surface area contributed by atoms with Gasteiger partial charge in [-0.05, 0) is 18.9 Å². The second-order valence-electron chi connectivity index (χ2n) is 5.68. The lowest BCUT2D eigenvalue weighted by atomic mass is 10.0. The van der Waals surface area contributed by atoms with Gasteiger partial charge in [-0.2, -0.15) is 4.98 Å². The highest BCUT2D eigenvalue weighted by molar-refractivity contribution is 5.89. The number of carbonyl (C=O) groups is 2. The van der Waals surface area contributed by atoms with E-state index < -0.39 is 0 Å². The third kappa shape index (κ3) is 4.16. The fourth-order valence-electron chi connectivity index (χ4n) is 2.51. The lowest BCUT2D eigenvalue weighted by molar-refractivity contribution is -0.128. The van der Waals surface area contributed by atoms with Crippen LogP contribution in [0.1, 0.15) is 36.8 Å². The Hall–Kier alpha value is -2.22. The number of rotatable bonds is 5. The summed E-state index contributed by atoms with van der Waals surface area (Å²) in [6.07, 6.45) is 3.09. The molecule has 0 aliphatic carbocycles. The zero-order valence-corrected chi connectivity index (χ0v) is 14.0. The third-order valence-electron chi connectivity index (χ3n) is 4.13. The molecule has 2 rings (SSSR count). The Morgan fingerprint density at radius 1 is 1.52 bits per heavy atom. The maximum Gasteiger partial charge on any atom is 0.292 e. The molecule has 1 aliphatic rings. The van der Waals surface area contributed by atoms with Gasteiger partial charge in [-0.25, -0.2) is 0 Å². The molecule has 8 heteroatoms. The fourth-order valence-corrected chi connectivity index (χ4v) is 2.51. The summed E-state index contributed by atoms with van der Waals surface area (Å²) in [7, 11) is 3.33. The number of aromatic nitrogens is 2. The Balaban J connectivity index is 1.98. The van der Waals surface area contributed by atoms with Crippen molar-refractivity contribution < 1.29 is 14.1 Å². The van der Waals surface area contributed by atoms with Crippen molar-refractivity contribution in [3.63, 3.8) is 0 Å². The van der Waals surface area contributed by atoms with Gasteiger partial charge in [0.25, 0.3) is 11.7 Å². The van der Waals surface area contributed by atoms with E-state index in [9.17, 15) is 9.59 Å². The number of nitrogens with zero attached hydrogens (tertiary/aromatic N) is 4. The molecule has 1 unspecified atom stereocenters. The van der Waals surface area contributed by atoms with E-state index in [0.717, 1.165) is 19.5 Å². The van der Waals surface area contributed by atoms with Crippen LogP contribution in [0.3, 0.4) is 0 Å². The van der Waals surface area contributed by atoms with Gasteiger partial charge in [-0.15, -0.1) is 0 Å². The molecule has 126 valence electrons. The summed E-state index contributed by atoms with van der Waals surface area (Å²) in [6, 6.07) is 0.0550. The highest BCUT2D eigenvalue weighted by atomic mass is 16.5. The van der Waals surface area contributed by atoms with E-state index in [1.54, 1.807) is 18.9 Å². The van der Waals surface area contributed by atoms with Crippen molar-refractivity contribution in [3.05, 3.63) is 23.4 Å². The molecule has 0 aromatic carbocycles. The molecular weight excluding hydrogens is 298 g/mol. The summed E-state index contributed by atoms with van der Waals surface area (Å²) in [6.45, 7) is 5.68. The summed E-state index contributed by atoms with van der Waals surface area (Å²) < 4.78 is 5.12. The minimum Gasteiger partial charge on any atom is -0.352 e. The molecule has 0 saturated carbocycles. The zero-order chi connectivity index (χ0) is 17.0. The molecule has 0 saturated heterocycles. The van der Waals surface area contributed by atoms with E-state index in [-0.39, 0.29) is 23.7 Å². The molecule has 1 aromatic heterocycles. The van der Waals surface area contributed by atoms with Crippen LogP contribution in [-0.4, -0.2) is 65.0 Å². The van der Waals surface area contributed by atoms with Gasteiger partial charge < -0.3 is 14.7 Å². The number of carbonyl (C=O) groups excluding carboxylic acids is 2. The van der Waals surface area contributed by atoms with Crippen molar-refractivity contribution in [2.75, 3.05) is 27.2 Å². The molecule has 0 bridgehead atoms. The van der Waals surface area contributed by atoms with E-state index >= 15 is 0 Å². The molecule has 1 aliphatic heterocycles. The minimum absolute atomic E-state index is 0.0416. The van der Waals surface area contributed by atoms with Gasteiger partial charge in [0.15, 0.2) is 0 Å². The van der Waals surface area contributed by atoms with Crippen molar-refractivity contribution >= 4 is 11.8 Å². The predicted molar refractivity (Wildman–Crippen MR) is 83.6 cm³/mol. The Morgan fingerprint density at radius 3 is 2.91 bits per heavy atom. The first-order chi connectivity index (χ1) is 10.9. The molecule has 23 heavy (non-hydrogen) atoms. The maximum atomic E-state index is 11.5. The van der Waals surface area contributed by atoms with Gasteiger partial charge >= 0.3 is 0 Å². The topological polar surface area (TPSA) is 91.6 Å². The molecule has 0 fully saturated rings. The fraction of sp³-hybridized carbons (Fsp3) is 0.600. The predicted octanol–water partition coefficient (Wildman–Crippen LogP) is 0.428. The Labute approximate surface area is 135 Å². The van der Waals surface area contributed by atoms with E-state index in [4.69, 9.17) is 4.52 Å². The van der Waals surface area contributed by atoms with Crippen LogP contribution in [0.15, 0.2) is 16.2 Å². The van der Waals surface area contributed by atoms with E-state index in [1.165, 1.54) is 12.6 Å². The van der Waals surface area contributed by atoms with Crippen LogP contribution >= 0.6 is 0 Å². The van der Waals surface area contributed by atoms with Crippen molar-refractivity contribution in [1.29, 1.82) is 0 Å². The SMILES string of the molecule is CNC(=O)c1noc(CN2CCC=C(C(C)N(C)C(C)=O)C2)n1. The number of likely N-dealkylation sites (N-methyl/N-ethyl adjacent to an activating group) is 1. The van der Waals surface area contributed by atoms with E-state index in [1.807, 2.05) is 6.92 Å². The minimum atomic E-state index is -0.365. The van der Waals surface area contributed by atoms with Crippen LogP contribution in [0.4, 0.5) is 0 Å². The lowest BCUT2D eigenvalue weighted by Gasteiger charge is -2.32. The van der Waals surface area contributed by atoms with Gasteiger partial charge in [0.1, 0.15) is 0 Å². The van der Waals surface area contributed by atoms with Crippen molar-refractivity contribution in [1.82, 2.24) is 25.3 Å². The van der Waals surface area contributed by atoms with Crippen LogP contribution in [-0.2, 0) is 11.3 Å². The molecule has 1 aromatic rings. The number of nitrogens with one attached hydrogen (secondary N) is 1. The maximum absolute atomic E-state index is 11.5. The van der Waals surface area contributed by atoms with Crippen molar-refractivity contribution in [2.24, 2.45) is 0 Å². The van der Waals surface area contributed by atoms with Gasteiger partial charge in [-0.1, -0.05) is 11.2 Å². The van der Waals surface area contributed by atoms with Crippen LogP contribution in [0.5, 0.6) is 0 Å². The second-order valence-corrected chi connectivity index (χ2v) is 5.68. The van der Waals surface area contributed by atoms with Crippen LogP contribution in [0.25, 0.3) is 0 Å². The highest BCUT2D eigenvalue weighted by Gasteiger charge is 2.23. The first-order valence-electron chi connectivity index (χ1n) is 7.61. The standard InChI is InChI=1S/C15H23N5O3/c1-10(19(4)11(2)21)12-6-5-7-20(8-12)9-13-17-14(18-23-13)15(22)16-3/h6,10H,5,7-9H2,1-4H3,(H,16,22). The number of hydrogen-bond acceptors (Lipinski definition) is 6. The van der Waals surface area contributed by atoms with Crippen LogP contribution in [0.2, 0.25) is 0 Å². The molecule has 2 heterocycles. The molecule has 2 amide bonds. The van der Waals surface area contributed by atoms with Crippen molar-refractivity contribution in [3.8, 4) is 0 Å². The lowest BCUT2D eigenvalue weighted by Crippen LogP contribution is -2.40. The summed E-state index contributed by atoms with van der Waals surface area (Å²) in [5, 5.41) is 6.12. The number of amides is 2. The van der Waals surface area contributed by atoms with E-state index in [0.29, 0.717) is 12.4 Å². The van der Waals surface area contributed by atoms with Gasteiger partial charge in [-0.3, -0.25) is 14.5 Å². The molecule has 1 N–H and O–H groups in total. The summed E-state index contributed by atoms with van der Waals surface area (Å²) in [5.74, 6) is 0.135. The summed E-state index contributed by atoms with van der Waals surface area (Å²) in [4.78, 5) is 30.9. The Morgan fingerprint density at radius 2 is 2.26 bits per heavy atom. The average Bonchev–Trinajstić information content (AvgIpc) is 3.01. The Kier molecular flexibility index (Phi) is 5.49. The first-order valence-corrected chi connectivity index (χ1v) is 7.61. The third-order valence-corrected chi connectivity index (χ3v) is 4.13. The summed E-state index contributed by atoms with van der Waals surface area (Å²) >= 11 is 0. The van der Waals surface area contributed by atoms with Crippen LogP contribution < -0.4 is 5.32 Å². The van der Waals surface area contributed by atoms with Gasteiger partial charge in [0.05, 0.1) is 12.6 Å². The smallest absolute Gasteiger partial charge is 0.292 e. The molecular formula is C15H23N5O3. The second kappa shape index (κ2) is 7.36. The first kappa shape index (κ1) is 17.1. The zero-order valence-electron chi connectivity index (χ0n) is 14.0. The van der Waals surface area contributed by atoms with Crippen LogP contribution in [0, 0.1) is 0 Å². The molecule has 0 radical (unpaired) electrons. The van der Waals surface area contributed by atoms with Crippen molar-refractivity contribution in [2.45, 2.75) is 32.9 Å². The number of hydrogen-bond donors (Lipinski definition) is 1. The average molecular weight is 321 g/mol. The summed E-state index contributed by atoms with van der Waals surface area (Å²) in [5.41, 5.74) is 1.19. The molecule has 8 nitrogen and oxygen atoms in total. The largest absolute Gasteiger partial charge is 0.352 e. The van der Waals surface area contributed by atoms with Gasteiger partial charge in [0.2, 0.25) is 11.8 Å².